The van der Waals surface area contributed by atoms with Gasteiger partial charge in [0.05, 0.1) is 25.2 Å². The first-order chi connectivity index (χ1) is 19.4. The monoisotopic (exact) mass is 547 g/mol. The van der Waals surface area contributed by atoms with E-state index in [1.165, 1.54) is 32.2 Å². The number of pyridine rings is 2. The summed E-state index contributed by atoms with van der Waals surface area (Å²) in [5, 5.41) is 1.53. The number of likely N-dealkylation sites (tertiary alicyclic amines) is 1. The van der Waals surface area contributed by atoms with Crippen molar-refractivity contribution in [1.82, 2.24) is 19.4 Å². The maximum absolute atomic E-state index is 13.0. The summed E-state index contributed by atoms with van der Waals surface area (Å²) in [4.78, 5) is 24.9. The van der Waals surface area contributed by atoms with Crippen LogP contribution in [0.4, 0.5) is 5.82 Å². The number of hydrogen-bond acceptors (Lipinski definition) is 7. The van der Waals surface area contributed by atoms with Crippen molar-refractivity contribution in [3.05, 3.63) is 46.5 Å². The van der Waals surface area contributed by atoms with Crippen molar-refractivity contribution in [1.29, 1.82) is 0 Å². The number of anilines is 1. The molecule has 40 heavy (non-hydrogen) atoms. The Bertz CT molecular complexity index is 1350. The number of methoxy groups -OCH3 is 2. The molecule has 5 rings (SSSR count). The Hall–Kier alpha value is -3.10. The maximum Gasteiger partial charge on any atom is 0.259 e. The number of piperidine rings is 1. The van der Waals surface area contributed by atoms with E-state index in [0.717, 1.165) is 91.1 Å². The SMILES string of the molecule is CCN(CC)CCC1CCN(Cc2c(OC)cc(-c3cn(C)c(=O)c4cnc(N5CCC5)cc34)cc2OC)CC1. The molecule has 2 aliphatic rings. The highest BCUT2D eigenvalue weighted by atomic mass is 16.5. The summed E-state index contributed by atoms with van der Waals surface area (Å²) in [5.74, 6) is 3.36. The lowest BCUT2D eigenvalue weighted by Crippen LogP contribution is -2.37. The third-order valence-corrected chi connectivity index (χ3v) is 8.99. The van der Waals surface area contributed by atoms with Crippen molar-refractivity contribution in [3.63, 3.8) is 0 Å². The van der Waals surface area contributed by atoms with Crippen molar-refractivity contribution in [3.8, 4) is 22.6 Å². The van der Waals surface area contributed by atoms with Gasteiger partial charge in [0, 0.05) is 50.0 Å². The molecule has 0 radical (unpaired) electrons. The van der Waals surface area contributed by atoms with Gasteiger partial charge in [-0.3, -0.25) is 9.69 Å². The molecule has 0 N–H and O–H groups in total. The van der Waals surface area contributed by atoms with E-state index < -0.39 is 0 Å². The molecule has 0 spiro atoms. The average molecular weight is 548 g/mol. The van der Waals surface area contributed by atoms with Crippen LogP contribution in [0.5, 0.6) is 11.5 Å². The summed E-state index contributed by atoms with van der Waals surface area (Å²) in [6.45, 7) is 13.0. The van der Waals surface area contributed by atoms with Crippen LogP contribution in [0.3, 0.4) is 0 Å². The Labute approximate surface area is 238 Å². The number of ether oxygens (including phenoxy) is 2. The van der Waals surface area contributed by atoms with Crippen LogP contribution in [-0.2, 0) is 13.6 Å². The molecule has 4 heterocycles. The first-order valence-corrected chi connectivity index (χ1v) is 14.9. The molecule has 0 aliphatic carbocycles. The molecule has 0 bridgehead atoms. The van der Waals surface area contributed by atoms with Gasteiger partial charge < -0.3 is 23.8 Å². The quantitative estimate of drug-likeness (QED) is 0.343. The molecule has 1 aromatic carbocycles. The number of rotatable bonds is 11. The molecule has 3 aromatic rings. The topological polar surface area (TPSA) is 63.1 Å². The first kappa shape index (κ1) is 28.4. The van der Waals surface area contributed by atoms with E-state index in [1.54, 1.807) is 32.0 Å². The van der Waals surface area contributed by atoms with E-state index in [-0.39, 0.29) is 5.56 Å². The van der Waals surface area contributed by atoms with E-state index in [4.69, 9.17) is 9.47 Å². The van der Waals surface area contributed by atoms with Crippen LogP contribution in [0, 0.1) is 5.92 Å². The van der Waals surface area contributed by atoms with Crippen LogP contribution in [0.25, 0.3) is 21.9 Å². The van der Waals surface area contributed by atoms with Gasteiger partial charge >= 0.3 is 0 Å². The van der Waals surface area contributed by atoms with Crippen molar-refractivity contribution in [2.24, 2.45) is 13.0 Å². The van der Waals surface area contributed by atoms with Gasteiger partial charge in [0.15, 0.2) is 0 Å². The van der Waals surface area contributed by atoms with Crippen LogP contribution < -0.4 is 19.9 Å². The second kappa shape index (κ2) is 12.6. The third kappa shape index (κ3) is 5.84. The Morgan fingerprint density at radius 2 is 1.65 bits per heavy atom. The second-order valence-electron chi connectivity index (χ2n) is 11.3. The molecule has 2 aliphatic heterocycles. The zero-order chi connectivity index (χ0) is 28.2. The minimum atomic E-state index is -0.0440. The zero-order valence-electron chi connectivity index (χ0n) is 24.9. The number of hydrogen-bond donors (Lipinski definition) is 0. The second-order valence-corrected chi connectivity index (χ2v) is 11.3. The van der Waals surface area contributed by atoms with Crippen molar-refractivity contribution in [2.45, 2.75) is 46.1 Å². The largest absolute Gasteiger partial charge is 0.496 e. The Morgan fingerprint density at radius 1 is 0.975 bits per heavy atom. The fourth-order valence-corrected chi connectivity index (χ4v) is 6.15. The molecule has 216 valence electrons. The molecule has 0 saturated carbocycles. The molecule has 0 atom stereocenters. The number of aryl methyl sites for hydroxylation is 1. The van der Waals surface area contributed by atoms with Gasteiger partial charge in [0.2, 0.25) is 0 Å². The van der Waals surface area contributed by atoms with Crippen LogP contribution >= 0.6 is 0 Å². The molecule has 2 saturated heterocycles. The standard InChI is InChI=1S/C32H45N5O3/c1-6-35(7-2)14-9-23-10-15-36(16-11-23)22-28-29(39-4)17-24(18-30(28)40-5)27-21-34(3)32(38)26-20-33-31(19-25(26)27)37-12-8-13-37/h17-21,23H,6-16,22H2,1-5H3. The van der Waals surface area contributed by atoms with Crippen molar-refractivity contribution >= 4 is 16.6 Å². The smallest absolute Gasteiger partial charge is 0.259 e. The van der Waals surface area contributed by atoms with Crippen LogP contribution in [0.1, 0.15) is 45.1 Å². The highest BCUT2D eigenvalue weighted by Crippen LogP contribution is 2.39. The van der Waals surface area contributed by atoms with E-state index in [9.17, 15) is 4.79 Å². The maximum atomic E-state index is 13.0. The van der Waals surface area contributed by atoms with Crippen LogP contribution in [-0.4, -0.2) is 79.4 Å². The molecule has 0 unspecified atom stereocenters. The van der Waals surface area contributed by atoms with E-state index in [0.29, 0.717) is 5.39 Å². The van der Waals surface area contributed by atoms with Gasteiger partial charge in [-0.1, -0.05) is 13.8 Å². The third-order valence-electron chi connectivity index (χ3n) is 8.99. The van der Waals surface area contributed by atoms with Gasteiger partial charge in [-0.05, 0) is 88.1 Å². The molecule has 2 aromatic heterocycles. The van der Waals surface area contributed by atoms with Gasteiger partial charge in [0.25, 0.3) is 5.56 Å². The molecule has 8 nitrogen and oxygen atoms in total. The van der Waals surface area contributed by atoms with Gasteiger partial charge in [-0.25, -0.2) is 4.98 Å². The number of nitrogens with zero attached hydrogens (tertiary/aromatic N) is 5. The predicted octanol–water partition coefficient (Wildman–Crippen LogP) is 4.77. The number of fused-ring (bicyclic) bond motifs is 1. The Morgan fingerprint density at radius 3 is 2.23 bits per heavy atom. The molecule has 8 heteroatoms. The summed E-state index contributed by atoms with van der Waals surface area (Å²) < 4.78 is 13.5. The minimum absolute atomic E-state index is 0.0440. The van der Waals surface area contributed by atoms with Gasteiger partial charge in [-0.2, -0.15) is 0 Å². The van der Waals surface area contributed by atoms with Crippen molar-refractivity contribution in [2.75, 3.05) is 64.9 Å². The number of aromatic nitrogens is 2. The van der Waals surface area contributed by atoms with E-state index in [2.05, 4.69) is 51.7 Å². The molecule has 0 amide bonds. The highest BCUT2D eigenvalue weighted by molar-refractivity contribution is 5.97. The fraction of sp³-hybridized carbons (Fsp3) is 0.562. The minimum Gasteiger partial charge on any atom is -0.496 e. The first-order valence-electron chi connectivity index (χ1n) is 14.9. The molecular formula is C32H45N5O3. The summed E-state index contributed by atoms with van der Waals surface area (Å²) in [7, 11) is 5.25. The van der Waals surface area contributed by atoms with E-state index >= 15 is 0 Å². The zero-order valence-corrected chi connectivity index (χ0v) is 24.9. The highest BCUT2D eigenvalue weighted by Gasteiger charge is 2.24. The number of benzene rings is 1. The van der Waals surface area contributed by atoms with Gasteiger partial charge in [-0.15, -0.1) is 0 Å². The lowest BCUT2D eigenvalue weighted by atomic mass is 9.92. The predicted molar refractivity (Wildman–Crippen MR) is 163 cm³/mol. The summed E-state index contributed by atoms with van der Waals surface area (Å²) >= 11 is 0. The van der Waals surface area contributed by atoms with E-state index in [1.807, 2.05) is 6.20 Å². The lowest BCUT2D eigenvalue weighted by Gasteiger charge is -2.33. The average Bonchev–Trinajstić information content (AvgIpc) is 2.95. The van der Waals surface area contributed by atoms with Crippen molar-refractivity contribution < 1.29 is 9.47 Å². The lowest BCUT2D eigenvalue weighted by molar-refractivity contribution is 0.158. The van der Waals surface area contributed by atoms with Crippen LogP contribution in [0.2, 0.25) is 0 Å². The van der Waals surface area contributed by atoms with Gasteiger partial charge in [0.1, 0.15) is 17.3 Å². The fourth-order valence-electron chi connectivity index (χ4n) is 6.15. The Kier molecular flexibility index (Phi) is 8.96. The van der Waals surface area contributed by atoms with Crippen LogP contribution in [0.15, 0.2) is 35.4 Å². The molecule has 2 fully saturated rings. The molecular weight excluding hydrogens is 502 g/mol. The Balaban J connectivity index is 1.41. The summed E-state index contributed by atoms with van der Waals surface area (Å²) in [6, 6.07) is 6.25. The summed E-state index contributed by atoms with van der Waals surface area (Å²) in [6.07, 6.45) is 8.58. The normalized spacial score (nSPS) is 16.5. The summed E-state index contributed by atoms with van der Waals surface area (Å²) in [5.41, 5.74) is 2.97.